The number of rotatable bonds is 12. The Kier molecular flexibility index (Phi) is 12.2. The molecular weight excluding hydrogens is 384 g/mol. The summed E-state index contributed by atoms with van der Waals surface area (Å²) in [5.74, 6) is -0.185. The van der Waals surface area contributed by atoms with Gasteiger partial charge in [0.05, 0.1) is 19.3 Å². The molecule has 6 heteroatoms. The van der Waals surface area contributed by atoms with Gasteiger partial charge in [-0.15, -0.1) is 0 Å². The van der Waals surface area contributed by atoms with Crippen LogP contribution in [-0.2, 0) is 23.7 Å². The second-order valence-corrected chi connectivity index (χ2v) is 8.21. The molecule has 1 N–H and O–H groups in total. The Balaban J connectivity index is 2.88. The molecule has 0 aromatic heterocycles. The lowest BCUT2D eigenvalue weighted by atomic mass is 9.98. The maximum absolute atomic E-state index is 11.6. The number of allylic oxidation sites excluding steroid dienone is 1. The molecule has 0 radical (unpaired) electrons. The highest BCUT2D eigenvalue weighted by atomic mass is 16.7. The topological polar surface area (TPSA) is 74.2 Å². The summed E-state index contributed by atoms with van der Waals surface area (Å²) in [5, 5.41) is 9.64. The minimum atomic E-state index is -0.839. The second kappa shape index (κ2) is 13.8. The lowest BCUT2D eigenvalue weighted by Crippen LogP contribution is -2.34. The first-order valence-corrected chi connectivity index (χ1v) is 10.8. The van der Waals surface area contributed by atoms with Gasteiger partial charge in [0.25, 0.3) is 0 Å². The molecule has 0 spiro atoms. The molecule has 0 aliphatic carbocycles. The van der Waals surface area contributed by atoms with E-state index in [-0.39, 0.29) is 24.4 Å². The van der Waals surface area contributed by atoms with Gasteiger partial charge in [0.15, 0.2) is 6.29 Å². The molecule has 172 valence electrons. The SMILES string of the molecule is COC(=O)/C=C/[C@@](C)(/C=C/[C@H](OC)/C(C)=C/CC[C@H](C)[C@@H](C)O)OC1CCCCO1. The first kappa shape index (κ1) is 26.6. The summed E-state index contributed by atoms with van der Waals surface area (Å²) in [4.78, 5) is 11.6. The zero-order valence-electron chi connectivity index (χ0n) is 19.4. The third kappa shape index (κ3) is 10.0. The predicted molar refractivity (Wildman–Crippen MR) is 118 cm³/mol. The molecule has 1 aliphatic heterocycles. The van der Waals surface area contributed by atoms with Crippen molar-refractivity contribution in [2.45, 2.75) is 83.9 Å². The molecule has 1 aliphatic rings. The molecule has 0 aromatic carbocycles. The molecule has 30 heavy (non-hydrogen) atoms. The van der Waals surface area contributed by atoms with E-state index < -0.39 is 11.6 Å². The van der Waals surface area contributed by atoms with Gasteiger partial charge in [0.1, 0.15) is 5.60 Å². The summed E-state index contributed by atoms with van der Waals surface area (Å²) in [7, 11) is 3.01. The van der Waals surface area contributed by atoms with Gasteiger partial charge in [0.2, 0.25) is 0 Å². The average molecular weight is 425 g/mol. The van der Waals surface area contributed by atoms with Crippen LogP contribution in [-0.4, -0.2) is 56.0 Å². The van der Waals surface area contributed by atoms with Crippen LogP contribution in [0.2, 0.25) is 0 Å². The predicted octanol–water partition coefficient (Wildman–Crippen LogP) is 4.33. The van der Waals surface area contributed by atoms with Crippen LogP contribution in [0.25, 0.3) is 0 Å². The van der Waals surface area contributed by atoms with Crippen molar-refractivity contribution < 1.29 is 28.8 Å². The highest BCUT2D eigenvalue weighted by Gasteiger charge is 2.26. The molecule has 1 unspecified atom stereocenters. The molecule has 1 fully saturated rings. The van der Waals surface area contributed by atoms with Gasteiger partial charge in [-0.2, -0.15) is 0 Å². The van der Waals surface area contributed by atoms with Crippen molar-refractivity contribution in [2.24, 2.45) is 5.92 Å². The number of esters is 1. The highest BCUT2D eigenvalue weighted by Crippen LogP contribution is 2.24. The number of methoxy groups -OCH3 is 2. The summed E-state index contributed by atoms with van der Waals surface area (Å²) in [5.41, 5.74) is 0.244. The van der Waals surface area contributed by atoms with Gasteiger partial charge in [-0.3, -0.25) is 0 Å². The standard InChI is InChI=1S/C24H40O6/c1-18(20(3)25)10-9-11-19(2)21(27-5)13-15-24(4,16-14-22(26)28-6)30-23-12-7-8-17-29-23/h11,13-16,18,20-21,23,25H,7-10,12,17H2,1-6H3/b15-13+,16-14+,19-11+/t18-,20+,21-,23?,24+/m0/s1. The Labute approximate surface area is 181 Å². The molecule has 5 atom stereocenters. The number of carbonyl (C=O) groups is 1. The average Bonchev–Trinajstić information content (AvgIpc) is 2.73. The monoisotopic (exact) mass is 424 g/mol. The quantitative estimate of drug-likeness (QED) is 0.285. The minimum absolute atomic E-state index is 0.214. The molecule has 0 aromatic rings. The van der Waals surface area contributed by atoms with Gasteiger partial charge in [-0.1, -0.05) is 25.2 Å². The van der Waals surface area contributed by atoms with Crippen molar-refractivity contribution >= 4 is 5.97 Å². The van der Waals surface area contributed by atoms with Crippen molar-refractivity contribution in [3.63, 3.8) is 0 Å². The van der Waals surface area contributed by atoms with Crippen LogP contribution in [0.15, 0.2) is 36.0 Å². The van der Waals surface area contributed by atoms with Crippen LogP contribution < -0.4 is 0 Å². The number of carbonyl (C=O) groups excluding carboxylic acids is 1. The van der Waals surface area contributed by atoms with Gasteiger partial charge >= 0.3 is 5.97 Å². The van der Waals surface area contributed by atoms with E-state index in [2.05, 4.69) is 6.08 Å². The maximum atomic E-state index is 11.6. The fourth-order valence-electron chi connectivity index (χ4n) is 3.15. The maximum Gasteiger partial charge on any atom is 0.330 e. The van der Waals surface area contributed by atoms with E-state index >= 15 is 0 Å². The summed E-state index contributed by atoms with van der Waals surface area (Å²) >= 11 is 0. The smallest absolute Gasteiger partial charge is 0.330 e. The number of aliphatic hydroxyl groups excluding tert-OH is 1. The molecule has 6 nitrogen and oxygen atoms in total. The third-order valence-electron chi connectivity index (χ3n) is 5.49. The van der Waals surface area contributed by atoms with E-state index in [0.29, 0.717) is 6.61 Å². The number of ether oxygens (including phenoxy) is 4. The van der Waals surface area contributed by atoms with Gasteiger partial charge in [0, 0.05) is 19.8 Å². The minimum Gasteiger partial charge on any atom is -0.466 e. The molecular formula is C24H40O6. The van der Waals surface area contributed by atoms with Gasteiger partial charge in [-0.25, -0.2) is 4.79 Å². The number of hydrogen-bond donors (Lipinski definition) is 1. The van der Waals surface area contributed by atoms with E-state index in [1.165, 1.54) is 13.2 Å². The van der Waals surface area contributed by atoms with E-state index in [1.54, 1.807) is 13.2 Å². The Hall–Kier alpha value is -1.47. The molecule has 0 bridgehead atoms. The van der Waals surface area contributed by atoms with Crippen molar-refractivity contribution in [3.05, 3.63) is 36.0 Å². The van der Waals surface area contributed by atoms with Crippen LogP contribution in [0.4, 0.5) is 0 Å². The van der Waals surface area contributed by atoms with Crippen LogP contribution in [0.3, 0.4) is 0 Å². The van der Waals surface area contributed by atoms with Gasteiger partial charge < -0.3 is 24.1 Å². The van der Waals surface area contributed by atoms with Gasteiger partial charge in [-0.05, 0) is 70.4 Å². The first-order valence-electron chi connectivity index (χ1n) is 10.8. The Bertz CT molecular complexity index is 589. The Morgan fingerprint density at radius 1 is 1.27 bits per heavy atom. The van der Waals surface area contributed by atoms with Crippen LogP contribution in [0.1, 0.15) is 59.8 Å². The summed E-state index contributed by atoms with van der Waals surface area (Å²) in [6, 6.07) is 0. The summed E-state index contributed by atoms with van der Waals surface area (Å²) in [6.07, 6.45) is 12.9. The van der Waals surface area contributed by atoms with Crippen molar-refractivity contribution in [3.8, 4) is 0 Å². The normalized spacial score (nSPS) is 23.3. The van der Waals surface area contributed by atoms with Crippen LogP contribution in [0, 0.1) is 5.92 Å². The zero-order chi connectivity index (χ0) is 22.6. The largest absolute Gasteiger partial charge is 0.466 e. The van der Waals surface area contributed by atoms with Crippen molar-refractivity contribution in [1.82, 2.24) is 0 Å². The summed E-state index contributed by atoms with van der Waals surface area (Å²) in [6.45, 7) is 8.46. The van der Waals surface area contributed by atoms with E-state index in [9.17, 15) is 9.90 Å². The molecule has 1 heterocycles. The molecule has 1 rings (SSSR count). The fourth-order valence-corrected chi connectivity index (χ4v) is 3.15. The fraction of sp³-hybridized carbons (Fsp3) is 0.708. The molecule has 0 saturated carbocycles. The molecule has 0 amide bonds. The first-order chi connectivity index (χ1) is 14.2. The highest BCUT2D eigenvalue weighted by molar-refractivity contribution is 5.82. The molecule has 1 saturated heterocycles. The number of hydrogen-bond acceptors (Lipinski definition) is 6. The zero-order valence-corrected chi connectivity index (χ0v) is 19.4. The lowest BCUT2D eigenvalue weighted by Gasteiger charge is -2.31. The van der Waals surface area contributed by atoms with E-state index in [1.807, 2.05) is 39.8 Å². The van der Waals surface area contributed by atoms with E-state index in [0.717, 1.165) is 37.7 Å². The lowest BCUT2D eigenvalue weighted by molar-refractivity contribution is -0.194. The van der Waals surface area contributed by atoms with Crippen LogP contribution >= 0.6 is 0 Å². The summed E-state index contributed by atoms with van der Waals surface area (Å²) < 4.78 is 22.2. The Morgan fingerprint density at radius 2 is 2.00 bits per heavy atom. The van der Waals surface area contributed by atoms with E-state index in [4.69, 9.17) is 18.9 Å². The Morgan fingerprint density at radius 3 is 2.57 bits per heavy atom. The van der Waals surface area contributed by atoms with Crippen molar-refractivity contribution in [2.75, 3.05) is 20.8 Å². The van der Waals surface area contributed by atoms with Crippen molar-refractivity contribution in [1.29, 1.82) is 0 Å². The second-order valence-electron chi connectivity index (χ2n) is 8.21. The number of aliphatic hydroxyl groups is 1. The third-order valence-corrected chi connectivity index (χ3v) is 5.49. The van der Waals surface area contributed by atoms with Crippen LogP contribution in [0.5, 0.6) is 0 Å².